The fourth-order valence-electron chi connectivity index (χ4n) is 1.13. The normalized spacial score (nSPS) is 14.5. The molecule has 112 valence electrons. The first kappa shape index (κ1) is 17.8. The standard InChI is InChI=1S/C10H20N2O6S/c1-5-17-9(13)7(3)11-19(15,16)12-8(4)10(14)18-6-2/h7-8,11-12H,5-6H2,1-4H3/t7-,8-/m1/s1. The zero-order chi connectivity index (χ0) is 15.1. The summed E-state index contributed by atoms with van der Waals surface area (Å²) in [6, 6.07) is -2.10. The van der Waals surface area contributed by atoms with Crippen LogP contribution in [0.4, 0.5) is 0 Å². The van der Waals surface area contributed by atoms with E-state index in [0.29, 0.717) is 0 Å². The molecule has 0 bridgehead atoms. The fourth-order valence-corrected chi connectivity index (χ4v) is 2.32. The Balaban J connectivity index is 4.47. The Hall–Kier alpha value is -1.19. The van der Waals surface area contributed by atoms with Gasteiger partial charge in [0.25, 0.3) is 10.2 Å². The van der Waals surface area contributed by atoms with Crippen molar-refractivity contribution in [2.75, 3.05) is 13.2 Å². The van der Waals surface area contributed by atoms with Crippen molar-refractivity contribution in [3.8, 4) is 0 Å². The Morgan fingerprint density at radius 1 is 0.947 bits per heavy atom. The van der Waals surface area contributed by atoms with Gasteiger partial charge in [-0.3, -0.25) is 9.59 Å². The average Bonchev–Trinajstić information content (AvgIpc) is 2.28. The van der Waals surface area contributed by atoms with E-state index in [0.717, 1.165) is 0 Å². The van der Waals surface area contributed by atoms with Crippen molar-refractivity contribution in [2.24, 2.45) is 0 Å². The van der Waals surface area contributed by atoms with E-state index < -0.39 is 34.2 Å². The van der Waals surface area contributed by atoms with E-state index in [2.05, 4.69) is 9.47 Å². The number of nitrogens with one attached hydrogen (secondary N) is 2. The largest absolute Gasteiger partial charge is 0.465 e. The van der Waals surface area contributed by atoms with E-state index in [1.54, 1.807) is 13.8 Å². The zero-order valence-corrected chi connectivity index (χ0v) is 12.2. The van der Waals surface area contributed by atoms with Gasteiger partial charge in [0.05, 0.1) is 13.2 Å². The lowest BCUT2D eigenvalue weighted by Crippen LogP contribution is -2.50. The lowest BCUT2D eigenvalue weighted by molar-refractivity contribution is -0.145. The van der Waals surface area contributed by atoms with Gasteiger partial charge < -0.3 is 9.47 Å². The number of rotatable bonds is 8. The van der Waals surface area contributed by atoms with Gasteiger partial charge >= 0.3 is 11.9 Å². The van der Waals surface area contributed by atoms with Crippen LogP contribution in [0.1, 0.15) is 27.7 Å². The Morgan fingerprint density at radius 3 is 1.53 bits per heavy atom. The van der Waals surface area contributed by atoms with Crippen LogP contribution in [0.5, 0.6) is 0 Å². The molecular formula is C10H20N2O6S. The van der Waals surface area contributed by atoms with Gasteiger partial charge in [-0.25, -0.2) is 0 Å². The fraction of sp³-hybridized carbons (Fsp3) is 0.800. The molecule has 9 heteroatoms. The molecule has 0 aromatic rings. The summed E-state index contributed by atoms with van der Waals surface area (Å²) in [5.41, 5.74) is 0. The van der Waals surface area contributed by atoms with Crippen LogP contribution in [-0.2, 0) is 29.3 Å². The lowest BCUT2D eigenvalue weighted by Gasteiger charge is -2.16. The molecule has 0 unspecified atom stereocenters. The molecule has 2 atom stereocenters. The molecule has 0 saturated heterocycles. The molecule has 0 aromatic heterocycles. The van der Waals surface area contributed by atoms with E-state index >= 15 is 0 Å². The molecule has 0 saturated carbocycles. The SMILES string of the molecule is CCOC(=O)[C@@H](C)NS(=O)(=O)N[C@H](C)C(=O)OCC. The molecule has 0 rings (SSSR count). The van der Waals surface area contributed by atoms with Gasteiger partial charge in [0, 0.05) is 0 Å². The van der Waals surface area contributed by atoms with Gasteiger partial charge in [0.15, 0.2) is 0 Å². The predicted molar refractivity (Wildman–Crippen MR) is 67.4 cm³/mol. The van der Waals surface area contributed by atoms with Crippen molar-refractivity contribution in [3.05, 3.63) is 0 Å². The summed E-state index contributed by atoms with van der Waals surface area (Å²) in [4.78, 5) is 22.5. The van der Waals surface area contributed by atoms with E-state index in [1.165, 1.54) is 13.8 Å². The smallest absolute Gasteiger partial charge is 0.323 e. The maximum absolute atomic E-state index is 11.6. The molecule has 2 N–H and O–H groups in total. The van der Waals surface area contributed by atoms with E-state index in [-0.39, 0.29) is 13.2 Å². The summed E-state index contributed by atoms with van der Waals surface area (Å²) in [5, 5.41) is 0. The van der Waals surface area contributed by atoms with Crippen LogP contribution in [0, 0.1) is 0 Å². The topological polar surface area (TPSA) is 111 Å². The second-order valence-electron chi connectivity index (χ2n) is 3.69. The number of carbonyl (C=O) groups is 2. The van der Waals surface area contributed by atoms with E-state index in [9.17, 15) is 18.0 Å². The first-order valence-electron chi connectivity index (χ1n) is 5.86. The predicted octanol–water partition coefficient (Wildman–Crippen LogP) is -0.686. The number of hydrogen-bond donors (Lipinski definition) is 2. The molecule has 19 heavy (non-hydrogen) atoms. The van der Waals surface area contributed by atoms with Gasteiger partial charge in [-0.2, -0.15) is 17.9 Å². The minimum atomic E-state index is -4.01. The highest BCUT2D eigenvalue weighted by atomic mass is 32.2. The van der Waals surface area contributed by atoms with Gasteiger partial charge in [-0.1, -0.05) is 0 Å². The molecular weight excluding hydrogens is 276 g/mol. The first-order chi connectivity index (χ1) is 8.73. The molecule has 0 amide bonds. The highest BCUT2D eigenvalue weighted by molar-refractivity contribution is 7.87. The number of ether oxygens (including phenoxy) is 2. The van der Waals surface area contributed by atoms with Crippen molar-refractivity contribution >= 4 is 22.1 Å². The molecule has 0 fully saturated rings. The average molecular weight is 296 g/mol. The van der Waals surface area contributed by atoms with Gasteiger partial charge in [0.1, 0.15) is 12.1 Å². The van der Waals surface area contributed by atoms with E-state index in [4.69, 9.17) is 0 Å². The Morgan fingerprint density at radius 2 is 1.26 bits per heavy atom. The van der Waals surface area contributed by atoms with Crippen molar-refractivity contribution in [3.63, 3.8) is 0 Å². The minimum absolute atomic E-state index is 0.150. The number of esters is 2. The first-order valence-corrected chi connectivity index (χ1v) is 7.34. The third-order valence-corrected chi connectivity index (χ3v) is 3.27. The van der Waals surface area contributed by atoms with Crippen LogP contribution in [0.2, 0.25) is 0 Å². The quantitative estimate of drug-likeness (QED) is 0.574. The molecule has 8 nitrogen and oxygen atoms in total. The number of hydrogen-bond acceptors (Lipinski definition) is 6. The van der Waals surface area contributed by atoms with Crippen LogP contribution in [0.15, 0.2) is 0 Å². The number of carbonyl (C=O) groups excluding carboxylic acids is 2. The third kappa shape index (κ3) is 7.09. The summed E-state index contributed by atoms with van der Waals surface area (Å²) < 4.78 is 36.7. The molecule has 0 heterocycles. The van der Waals surface area contributed by atoms with Crippen molar-refractivity contribution in [1.29, 1.82) is 0 Å². The Bertz CT molecular complexity index is 376. The van der Waals surface area contributed by atoms with Crippen molar-refractivity contribution < 1.29 is 27.5 Å². The third-order valence-electron chi connectivity index (χ3n) is 1.94. The van der Waals surface area contributed by atoms with Gasteiger partial charge in [-0.15, -0.1) is 0 Å². The van der Waals surface area contributed by atoms with Crippen molar-refractivity contribution in [1.82, 2.24) is 9.44 Å². The van der Waals surface area contributed by atoms with Crippen molar-refractivity contribution in [2.45, 2.75) is 39.8 Å². The summed E-state index contributed by atoms with van der Waals surface area (Å²) >= 11 is 0. The molecule has 0 aliphatic heterocycles. The van der Waals surface area contributed by atoms with Crippen LogP contribution >= 0.6 is 0 Å². The van der Waals surface area contributed by atoms with Crippen LogP contribution in [0.25, 0.3) is 0 Å². The summed E-state index contributed by atoms with van der Waals surface area (Å²) in [5.74, 6) is -1.40. The maximum Gasteiger partial charge on any atom is 0.323 e. The van der Waals surface area contributed by atoms with Gasteiger partial charge in [0.2, 0.25) is 0 Å². The monoisotopic (exact) mass is 296 g/mol. The summed E-state index contributed by atoms with van der Waals surface area (Å²) in [6.45, 7) is 6.20. The molecule has 0 aromatic carbocycles. The molecule has 0 aliphatic carbocycles. The van der Waals surface area contributed by atoms with E-state index in [1.807, 2.05) is 9.44 Å². The second kappa shape index (κ2) is 8.08. The van der Waals surface area contributed by atoms with Crippen LogP contribution < -0.4 is 9.44 Å². The van der Waals surface area contributed by atoms with Gasteiger partial charge in [-0.05, 0) is 27.7 Å². The highest BCUT2D eigenvalue weighted by Crippen LogP contribution is 1.94. The maximum atomic E-state index is 11.6. The molecule has 0 radical (unpaired) electrons. The molecule has 0 aliphatic rings. The minimum Gasteiger partial charge on any atom is -0.465 e. The summed E-state index contributed by atoms with van der Waals surface area (Å²) in [7, 11) is -4.01. The Kier molecular flexibility index (Phi) is 7.57. The lowest BCUT2D eigenvalue weighted by atomic mass is 10.4. The van der Waals surface area contributed by atoms with Crippen LogP contribution in [0.3, 0.4) is 0 Å². The summed E-state index contributed by atoms with van der Waals surface area (Å²) in [6.07, 6.45) is 0. The highest BCUT2D eigenvalue weighted by Gasteiger charge is 2.25. The molecule has 0 spiro atoms. The Labute approximate surface area is 113 Å². The second-order valence-corrected chi connectivity index (χ2v) is 5.16. The zero-order valence-electron chi connectivity index (χ0n) is 11.4. The van der Waals surface area contributed by atoms with Crippen LogP contribution in [-0.4, -0.2) is 45.7 Å².